The lowest BCUT2D eigenvalue weighted by Crippen LogP contribution is -2.37. The van der Waals surface area contributed by atoms with Gasteiger partial charge in [0, 0.05) is 43.8 Å². The second kappa shape index (κ2) is 8.63. The first kappa shape index (κ1) is 18.8. The van der Waals surface area contributed by atoms with Crippen LogP contribution in [0, 0.1) is 5.92 Å². The molecule has 0 aliphatic carbocycles. The summed E-state index contributed by atoms with van der Waals surface area (Å²) in [6.45, 7) is 6.26. The minimum atomic E-state index is 0.0943. The summed E-state index contributed by atoms with van der Waals surface area (Å²) in [5, 5.41) is 3.33. The van der Waals surface area contributed by atoms with Gasteiger partial charge in [-0.2, -0.15) is 0 Å². The number of amides is 1. The maximum absolute atomic E-state index is 12.6. The Morgan fingerprint density at radius 3 is 2.32 bits per heavy atom. The molecule has 0 saturated carbocycles. The van der Waals surface area contributed by atoms with Crippen molar-refractivity contribution in [2.75, 3.05) is 36.4 Å². The third-order valence-electron chi connectivity index (χ3n) is 5.94. The molecular formula is C23H30N4O. The van der Waals surface area contributed by atoms with Crippen LogP contribution in [0.25, 0.3) is 0 Å². The summed E-state index contributed by atoms with van der Waals surface area (Å²) in [4.78, 5) is 21.5. The van der Waals surface area contributed by atoms with Gasteiger partial charge in [0.1, 0.15) is 5.82 Å². The summed E-state index contributed by atoms with van der Waals surface area (Å²) in [5.74, 6) is 1.57. The van der Waals surface area contributed by atoms with Crippen LogP contribution in [-0.2, 0) is 0 Å². The Hall–Kier alpha value is -2.56. The highest BCUT2D eigenvalue weighted by Crippen LogP contribution is 2.24. The number of nitrogens with one attached hydrogen (secondary N) is 1. The number of nitrogens with zero attached hydrogens (tertiary/aromatic N) is 3. The van der Waals surface area contributed by atoms with E-state index in [1.54, 1.807) is 6.20 Å². The molecule has 0 bridgehead atoms. The Balaban J connectivity index is 1.35. The van der Waals surface area contributed by atoms with E-state index in [9.17, 15) is 4.79 Å². The summed E-state index contributed by atoms with van der Waals surface area (Å²) in [7, 11) is 0. The third kappa shape index (κ3) is 4.46. The number of hydrogen-bond donors (Lipinski definition) is 1. The molecular weight excluding hydrogens is 348 g/mol. The minimum absolute atomic E-state index is 0.0943. The van der Waals surface area contributed by atoms with Gasteiger partial charge in [-0.25, -0.2) is 4.98 Å². The van der Waals surface area contributed by atoms with Gasteiger partial charge < -0.3 is 15.1 Å². The largest absolute Gasteiger partial charge is 0.372 e. The Kier molecular flexibility index (Phi) is 5.79. The number of rotatable bonds is 4. The molecule has 0 atom stereocenters. The van der Waals surface area contributed by atoms with Gasteiger partial charge in [-0.15, -0.1) is 0 Å². The average Bonchev–Trinajstić information content (AvgIpc) is 2.75. The van der Waals surface area contributed by atoms with Crippen LogP contribution in [0.1, 0.15) is 49.4 Å². The van der Waals surface area contributed by atoms with Crippen molar-refractivity contribution < 1.29 is 4.79 Å². The number of pyridine rings is 1. The average molecular weight is 379 g/mol. The molecule has 4 rings (SSSR count). The monoisotopic (exact) mass is 378 g/mol. The van der Waals surface area contributed by atoms with E-state index >= 15 is 0 Å². The number of benzene rings is 1. The second-order valence-electron chi connectivity index (χ2n) is 8.13. The standard InChI is InChI=1S/C23H30N4O/c1-18-11-15-27(16-12-18)23(28)19-5-10-22(24-17-19)25-20-6-8-21(9-7-20)26-13-3-2-4-14-26/h5-10,17-18H,2-4,11-16H2,1H3,(H,24,25). The Morgan fingerprint density at radius 1 is 0.964 bits per heavy atom. The molecule has 1 aromatic carbocycles. The fourth-order valence-electron chi connectivity index (χ4n) is 4.04. The number of carbonyl (C=O) groups excluding carboxylic acids is 1. The van der Waals surface area contributed by atoms with E-state index in [1.165, 1.54) is 24.9 Å². The molecule has 0 radical (unpaired) electrons. The number of hydrogen-bond acceptors (Lipinski definition) is 4. The fourth-order valence-corrected chi connectivity index (χ4v) is 4.04. The minimum Gasteiger partial charge on any atom is -0.372 e. The van der Waals surface area contributed by atoms with E-state index in [1.807, 2.05) is 17.0 Å². The molecule has 5 nitrogen and oxygen atoms in total. The summed E-state index contributed by atoms with van der Waals surface area (Å²) in [6, 6.07) is 12.3. The third-order valence-corrected chi connectivity index (χ3v) is 5.94. The molecule has 2 aromatic rings. The first-order valence-corrected chi connectivity index (χ1v) is 10.6. The summed E-state index contributed by atoms with van der Waals surface area (Å²) < 4.78 is 0. The van der Waals surface area contributed by atoms with Crippen molar-refractivity contribution in [3.63, 3.8) is 0 Å². The lowest BCUT2D eigenvalue weighted by molar-refractivity contribution is 0.0697. The molecule has 1 N–H and O–H groups in total. The van der Waals surface area contributed by atoms with Crippen molar-refractivity contribution >= 4 is 23.1 Å². The fraction of sp³-hybridized carbons (Fsp3) is 0.478. The van der Waals surface area contributed by atoms with E-state index in [-0.39, 0.29) is 5.91 Å². The van der Waals surface area contributed by atoms with Gasteiger partial charge in [-0.05, 0) is 74.4 Å². The van der Waals surface area contributed by atoms with Gasteiger partial charge >= 0.3 is 0 Å². The molecule has 0 spiro atoms. The summed E-state index contributed by atoms with van der Waals surface area (Å²) in [5.41, 5.74) is 2.97. The quantitative estimate of drug-likeness (QED) is 0.839. The number of aromatic nitrogens is 1. The molecule has 28 heavy (non-hydrogen) atoms. The van der Waals surface area contributed by atoms with Gasteiger partial charge in [0.2, 0.25) is 0 Å². The smallest absolute Gasteiger partial charge is 0.255 e. The zero-order chi connectivity index (χ0) is 19.3. The van der Waals surface area contributed by atoms with Gasteiger partial charge in [0.05, 0.1) is 5.56 Å². The molecule has 2 aliphatic rings. The molecule has 2 saturated heterocycles. The van der Waals surface area contributed by atoms with Crippen LogP contribution in [0.15, 0.2) is 42.6 Å². The van der Waals surface area contributed by atoms with Crippen LogP contribution in [-0.4, -0.2) is 42.0 Å². The van der Waals surface area contributed by atoms with Crippen LogP contribution in [0.4, 0.5) is 17.2 Å². The lowest BCUT2D eigenvalue weighted by Gasteiger charge is -2.30. The first-order valence-electron chi connectivity index (χ1n) is 10.6. The maximum atomic E-state index is 12.6. The van der Waals surface area contributed by atoms with Crippen LogP contribution >= 0.6 is 0 Å². The van der Waals surface area contributed by atoms with Gasteiger partial charge in [-0.3, -0.25) is 4.79 Å². The molecule has 5 heteroatoms. The Bertz CT molecular complexity index is 773. The molecule has 148 valence electrons. The van der Waals surface area contributed by atoms with Gasteiger partial charge in [0.15, 0.2) is 0 Å². The van der Waals surface area contributed by atoms with E-state index in [0.717, 1.165) is 56.4 Å². The summed E-state index contributed by atoms with van der Waals surface area (Å²) in [6.07, 6.45) is 7.78. The molecule has 1 aromatic heterocycles. The zero-order valence-electron chi connectivity index (χ0n) is 16.7. The van der Waals surface area contributed by atoms with Crippen molar-refractivity contribution in [2.24, 2.45) is 5.92 Å². The topological polar surface area (TPSA) is 48.5 Å². The zero-order valence-corrected chi connectivity index (χ0v) is 16.7. The highest BCUT2D eigenvalue weighted by molar-refractivity contribution is 5.94. The van der Waals surface area contributed by atoms with Crippen LogP contribution in [0.2, 0.25) is 0 Å². The second-order valence-corrected chi connectivity index (χ2v) is 8.13. The van der Waals surface area contributed by atoms with Gasteiger partial charge in [0.25, 0.3) is 5.91 Å². The van der Waals surface area contributed by atoms with Crippen molar-refractivity contribution in [2.45, 2.75) is 39.0 Å². The van der Waals surface area contributed by atoms with Gasteiger partial charge in [-0.1, -0.05) is 6.92 Å². The maximum Gasteiger partial charge on any atom is 0.255 e. The predicted molar refractivity (Wildman–Crippen MR) is 114 cm³/mol. The first-order chi connectivity index (χ1) is 13.7. The number of anilines is 3. The lowest BCUT2D eigenvalue weighted by atomic mass is 9.99. The SMILES string of the molecule is CC1CCN(C(=O)c2ccc(Nc3ccc(N4CCCCC4)cc3)nc2)CC1. The van der Waals surface area contributed by atoms with E-state index < -0.39 is 0 Å². The molecule has 1 amide bonds. The van der Waals surface area contributed by atoms with Crippen molar-refractivity contribution in [3.8, 4) is 0 Å². The van der Waals surface area contributed by atoms with Crippen LogP contribution in [0.3, 0.4) is 0 Å². The molecule has 0 unspecified atom stereocenters. The van der Waals surface area contributed by atoms with Crippen LogP contribution < -0.4 is 10.2 Å². The summed E-state index contributed by atoms with van der Waals surface area (Å²) >= 11 is 0. The molecule has 3 heterocycles. The Labute approximate surface area is 167 Å². The number of likely N-dealkylation sites (tertiary alicyclic amines) is 1. The van der Waals surface area contributed by atoms with Crippen molar-refractivity contribution in [3.05, 3.63) is 48.2 Å². The molecule has 2 aliphatic heterocycles. The van der Waals surface area contributed by atoms with E-state index in [2.05, 4.69) is 46.4 Å². The highest BCUT2D eigenvalue weighted by Gasteiger charge is 2.21. The highest BCUT2D eigenvalue weighted by atomic mass is 16.2. The predicted octanol–water partition coefficient (Wildman–Crippen LogP) is 4.69. The van der Waals surface area contributed by atoms with E-state index in [0.29, 0.717) is 5.56 Å². The number of piperidine rings is 2. The molecule has 2 fully saturated rings. The van der Waals surface area contributed by atoms with Crippen molar-refractivity contribution in [1.29, 1.82) is 0 Å². The van der Waals surface area contributed by atoms with Crippen molar-refractivity contribution in [1.82, 2.24) is 9.88 Å². The number of carbonyl (C=O) groups is 1. The van der Waals surface area contributed by atoms with E-state index in [4.69, 9.17) is 0 Å². The normalized spacial score (nSPS) is 18.2. The Morgan fingerprint density at radius 2 is 1.68 bits per heavy atom. The van der Waals surface area contributed by atoms with Crippen LogP contribution in [0.5, 0.6) is 0 Å².